The summed E-state index contributed by atoms with van der Waals surface area (Å²) in [6, 6.07) is 5.37. The second-order valence-corrected chi connectivity index (χ2v) is 4.84. The van der Waals surface area contributed by atoms with E-state index in [9.17, 15) is 5.11 Å². The minimum absolute atomic E-state index is 0.339. The molecule has 0 bridgehead atoms. The summed E-state index contributed by atoms with van der Waals surface area (Å²) >= 11 is 0. The number of phenols is 1. The van der Waals surface area contributed by atoms with E-state index in [0.29, 0.717) is 11.7 Å². The van der Waals surface area contributed by atoms with Crippen LogP contribution in [0.4, 0.5) is 0 Å². The molecule has 0 aromatic heterocycles. The van der Waals surface area contributed by atoms with Gasteiger partial charge in [-0.1, -0.05) is 0 Å². The van der Waals surface area contributed by atoms with Gasteiger partial charge in [0, 0.05) is 25.8 Å². The Hall–Kier alpha value is -1.26. The Bertz CT molecular complexity index is 395. The lowest BCUT2D eigenvalue weighted by Crippen LogP contribution is -2.21. The number of aromatic hydroxyl groups is 1. The molecule has 1 heterocycles. The first-order valence-corrected chi connectivity index (χ1v) is 6.30. The molecule has 0 aliphatic carbocycles. The fourth-order valence-corrected chi connectivity index (χ4v) is 2.48. The van der Waals surface area contributed by atoms with Crippen molar-refractivity contribution in [3.63, 3.8) is 0 Å². The van der Waals surface area contributed by atoms with Gasteiger partial charge in [0.25, 0.3) is 0 Å². The van der Waals surface area contributed by atoms with Crippen LogP contribution in [-0.2, 0) is 11.3 Å². The van der Waals surface area contributed by atoms with E-state index in [0.717, 1.165) is 37.6 Å². The minimum atomic E-state index is 0.339. The van der Waals surface area contributed by atoms with Crippen molar-refractivity contribution in [3.05, 3.63) is 23.8 Å². The van der Waals surface area contributed by atoms with Gasteiger partial charge >= 0.3 is 0 Å². The highest BCUT2D eigenvalue weighted by Crippen LogP contribution is 2.26. The maximum absolute atomic E-state index is 9.85. The normalized spacial score (nSPS) is 20.2. The van der Waals surface area contributed by atoms with Gasteiger partial charge in [0.2, 0.25) is 0 Å². The van der Waals surface area contributed by atoms with Crippen molar-refractivity contribution < 1.29 is 14.6 Å². The van der Waals surface area contributed by atoms with E-state index in [4.69, 9.17) is 9.47 Å². The largest absolute Gasteiger partial charge is 0.508 e. The fraction of sp³-hybridized carbons (Fsp3) is 0.571. The molecule has 1 aliphatic rings. The van der Waals surface area contributed by atoms with Crippen LogP contribution in [0.2, 0.25) is 0 Å². The van der Waals surface area contributed by atoms with E-state index in [1.165, 1.54) is 6.42 Å². The molecule has 100 valence electrons. The van der Waals surface area contributed by atoms with Crippen LogP contribution in [0, 0.1) is 5.92 Å². The lowest BCUT2D eigenvalue weighted by molar-refractivity contribution is 0.152. The number of benzene rings is 1. The summed E-state index contributed by atoms with van der Waals surface area (Å²) in [5, 5.41) is 9.85. The summed E-state index contributed by atoms with van der Waals surface area (Å²) in [5.74, 6) is 1.74. The third-order valence-electron chi connectivity index (χ3n) is 3.45. The molecule has 1 saturated heterocycles. The number of likely N-dealkylation sites (tertiary alicyclic amines) is 1. The van der Waals surface area contributed by atoms with Gasteiger partial charge in [-0.2, -0.15) is 0 Å². The van der Waals surface area contributed by atoms with Gasteiger partial charge in [-0.25, -0.2) is 0 Å². The van der Waals surface area contributed by atoms with Crippen molar-refractivity contribution in [1.82, 2.24) is 4.90 Å². The average molecular weight is 251 g/mol. The molecule has 1 N–H and O–H groups in total. The van der Waals surface area contributed by atoms with Crippen LogP contribution in [0.1, 0.15) is 12.0 Å². The van der Waals surface area contributed by atoms with Gasteiger partial charge in [0.1, 0.15) is 11.5 Å². The highest BCUT2D eigenvalue weighted by atomic mass is 16.5. The number of rotatable bonds is 5. The van der Waals surface area contributed by atoms with E-state index < -0.39 is 0 Å². The van der Waals surface area contributed by atoms with Gasteiger partial charge in [-0.15, -0.1) is 0 Å². The van der Waals surface area contributed by atoms with E-state index in [1.54, 1.807) is 26.4 Å². The van der Waals surface area contributed by atoms with Crippen molar-refractivity contribution in [2.45, 2.75) is 13.0 Å². The topological polar surface area (TPSA) is 41.9 Å². The summed E-state index contributed by atoms with van der Waals surface area (Å²) in [6.07, 6.45) is 1.17. The summed E-state index contributed by atoms with van der Waals surface area (Å²) in [6.45, 7) is 3.68. The molecular formula is C14H21NO3. The summed E-state index contributed by atoms with van der Waals surface area (Å²) in [5.41, 5.74) is 0.924. The molecule has 4 heteroatoms. The first-order chi connectivity index (χ1) is 8.72. The van der Waals surface area contributed by atoms with Crippen molar-refractivity contribution in [2.75, 3.05) is 33.9 Å². The molecule has 4 nitrogen and oxygen atoms in total. The van der Waals surface area contributed by atoms with Crippen LogP contribution in [0.15, 0.2) is 18.2 Å². The molecule has 0 radical (unpaired) electrons. The van der Waals surface area contributed by atoms with Gasteiger partial charge in [-0.05, 0) is 37.1 Å². The molecule has 0 amide bonds. The summed E-state index contributed by atoms with van der Waals surface area (Å²) < 4.78 is 10.4. The van der Waals surface area contributed by atoms with Crippen molar-refractivity contribution in [3.8, 4) is 11.5 Å². The Balaban J connectivity index is 1.97. The number of methoxy groups -OCH3 is 2. The highest BCUT2D eigenvalue weighted by Gasteiger charge is 2.22. The Labute approximate surface area is 108 Å². The number of hydrogen-bond acceptors (Lipinski definition) is 4. The third kappa shape index (κ3) is 3.15. The van der Waals surface area contributed by atoms with Crippen LogP contribution in [0.5, 0.6) is 11.5 Å². The minimum Gasteiger partial charge on any atom is -0.508 e. The fourth-order valence-electron chi connectivity index (χ4n) is 2.48. The standard InChI is InChI=1S/C14H21NO3/c1-17-10-11-5-6-15(8-11)9-12-7-13(18-2)3-4-14(12)16/h3-4,7,11,16H,5-6,8-10H2,1-2H3. The number of hydrogen-bond donors (Lipinski definition) is 1. The second-order valence-electron chi connectivity index (χ2n) is 4.84. The molecule has 1 atom stereocenters. The summed E-state index contributed by atoms with van der Waals surface area (Å²) in [7, 11) is 3.39. The monoisotopic (exact) mass is 251 g/mol. The van der Waals surface area contributed by atoms with Crippen molar-refractivity contribution >= 4 is 0 Å². The molecule has 1 aliphatic heterocycles. The van der Waals surface area contributed by atoms with E-state index in [-0.39, 0.29) is 0 Å². The van der Waals surface area contributed by atoms with Gasteiger partial charge < -0.3 is 14.6 Å². The van der Waals surface area contributed by atoms with Crippen LogP contribution < -0.4 is 4.74 Å². The van der Waals surface area contributed by atoms with Crippen molar-refractivity contribution in [1.29, 1.82) is 0 Å². The molecule has 0 spiro atoms. The lowest BCUT2D eigenvalue weighted by Gasteiger charge is -2.17. The molecule has 1 aromatic carbocycles. The molecule has 1 unspecified atom stereocenters. The first-order valence-electron chi connectivity index (χ1n) is 6.30. The zero-order valence-electron chi connectivity index (χ0n) is 11.1. The summed E-state index contributed by atoms with van der Waals surface area (Å²) in [4.78, 5) is 2.35. The van der Waals surface area contributed by atoms with Crippen molar-refractivity contribution in [2.24, 2.45) is 5.92 Å². The highest BCUT2D eigenvalue weighted by molar-refractivity contribution is 5.39. The van der Waals surface area contributed by atoms with E-state index in [2.05, 4.69) is 4.90 Å². The predicted octanol–water partition coefficient (Wildman–Crippen LogP) is 1.87. The molecule has 0 saturated carbocycles. The smallest absolute Gasteiger partial charge is 0.120 e. The van der Waals surface area contributed by atoms with E-state index in [1.807, 2.05) is 6.07 Å². The average Bonchev–Trinajstić information content (AvgIpc) is 2.80. The Morgan fingerprint density at radius 1 is 1.39 bits per heavy atom. The molecule has 1 fully saturated rings. The second kappa shape index (κ2) is 6.07. The van der Waals surface area contributed by atoms with Gasteiger partial charge in [0.15, 0.2) is 0 Å². The third-order valence-corrected chi connectivity index (χ3v) is 3.45. The lowest BCUT2D eigenvalue weighted by atomic mass is 10.1. The number of nitrogens with zero attached hydrogens (tertiary/aromatic N) is 1. The number of ether oxygens (including phenoxy) is 2. The predicted molar refractivity (Wildman–Crippen MR) is 69.9 cm³/mol. The molecular weight excluding hydrogens is 230 g/mol. The molecule has 18 heavy (non-hydrogen) atoms. The van der Waals surface area contributed by atoms with E-state index >= 15 is 0 Å². The van der Waals surface area contributed by atoms with Crippen LogP contribution in [-0.4, -0.2) is 43.9 Å². The number of phenolic OH excluding ortho intramolecular Hbond substituents is 1. The Morgan fingerprint density at radius 3 is 2.94 bits per heavy atom. The zero-order valence-corrected chi connectivity index (χ0v) is 11.1. The molecule has 1 aromatic rings. The van der Waals surface area contributed by atoms with Gasteiger partial charge in [0.05, 0.1) is 13.7 Å². The Morgan fingerprint density at radius 2 is 2.22 bits per heavy atom. The molecule has 2 rings (SSSR count). The van der Waals surface area contributed by atoms with Crippen LogP contribution in [0.25, 0.3) is 0 Å². The maximum Gasteiger partial charge on any atom is 0.120 e. The zero-order chi connectivity index (χ0) is 13.0. The SMILES string of the molecule is COCC1CCN(Cc2cc(OC)ccc2O)C1. The van der Waals surface area contributed by atoms with Crippen LogP contribution >= 0.6 is 0 Å². The maximum atomic E-state index is 9.85. The Kier molecular flexibility index (Phi) is 4.44. The first kappa shape index (κ1) is 13.2. The quantitative estimate of drug-likeness (QED) is 0.867. The van der Waals surface area contributed by atoms with Gasteiger partial charge in [-0.3, -0.25) is 4.90 Å². The van der Waals surface area contributed by atoms with Crippen LogP contribution in [0.3, 0.4) is 0 Å².